The first kappa shape index (κ1) is 17.2. The molecule has 0 aliphatic carbocycles. The smallest absolute Gasteiger partial charge is 0.396 e. The molecule has 118 valence electrons. The van der Waals surface area contributed by atoms with Gasteiger partial charge in [-0.3, -0.25) is 10.1 Å². The second kappa shape index (κ2) is 7.26. The summed E-state index contributed by atoms with van der Waals surface area (Å²) >= 11 is 0. The summed E-state index contributed by atoms with van der Waals surface area (Å²) in [6.07, 6.45) is -2.72. The maximum Gasteiger partial charge on any atom is 0.418 e. The molecule has 1 aromatic rings. The number of hydrogen-bond acceptors (Lipinski definition) is 4. The van der Waals surface area contributed by atoms with Gasteiger partial charge in [0.05, 0.1) is 10.5 Å². The van der Waals surface area contributed by atoms with Crippen molar-refractivity contribution in [3.05, 3.63) is 33.9 Å². The van der Waals surface area contributed by atoms with Gasteiger partial charge in [-0.25, -0.2) is 0 Å². The molecule has 0 bridgehead atoms. The summed E-state index contributed by atoms with van der Waals surface area (Å²) in [6, 6.07) is 2.74. The highest BCUT2D eigenvalue weighted by molar-refractivity contribution is 5.58. The van der Waals surface area contributed by atoms with Crippen LogP contribution < -0.4 is 4.90 Å². The summed E-state index contributed by atoms with van der Waals surface area (Å²) in [7, 11) is 1.51. The lowest BCUT2D eigenvalue weighted by molar-refractivity contribution is -0.385. The van der Waals surface area contributed by atoms with Gasteiger partial charge in [0.2, 0.25) is 0 Å². The number of alkyl halides is 3. The van der Waals surface area contributed by atoms with Crippen LogP contribution in [-0.2, 0) is 6.18 Å². The molecule has 0 saturated carbocycles. The maximum atomic E-state index is 13.0. The largest absolute Gasteiger partial charge is 0.418 e. The molecule has 1 aromatic carbocycles. The Balaban J connectivity index is 2.97. The number of non-ortho nitro benzene ring substituents is 1. The Morgan fingerprint density at radius 2 is 1.95 bits per heavy atom. The zero-order valence-electron chi connectivity index (χ0n) is 11.6. The fourth-order valence-electron chi connectivity index (χ4n) is 1.96. The number of halogens is 3. The average molecular weight is 306 g/mol. The van der Waals surface area contributed by atoms with Crippen LogP contribution in [0, 0.1) is 10.1 Å². The lowest BCUT2D eigenvalue weighted by Gasteiger charge is -2.23. The number of aliphatic hydroxyl groups excluding tert-OH is 1. The van der Waals surface area contributed by atoms with E-state index in [2.05, 4.69) is 0 Å². The number of nitrogens with zero attached hydrogens (tertiary/aromatic N) is 2. The van der Waals surface area contributed by atoms with Crippen LogP contribution in [0.5, 0.6) is 0 Å². The topological polar surface area (TPSA) is 66.6 Å². The van der Waals surface area contributed by atoms with Crippen molar-refractivity contribution in [2.24, 2.45) is 0 Å². The molecular formula is C13H17F3N2O3. The summed E-state index contributed by atoms with van der Waals surface area (Å²) in [5.74, 6) is 0. The highest BCUT2D eigenvalue weighted by Gasteiger charge is 2.36. The summed E-state index contributed by atoms with van der Waals surface area (Å²) in [5.41, 5.74) is -1.68. The van der Waals surface area contributed by atoms with E-state index in [-0.39, 0.29) is 12.3 Å². The monoisotopic (exact) mass is 306 g/mol. The fourth-order valence-corrected chi connectivity index (χ4v) is 1.96. The summed E-state index contributed by atoms with van der Waals surface area (Å²) in [6.45, 7) is 0.427. The lowest BCUT2D eigenvalue weighted by Crippen LogP contribution is -2.22. The number of unbranched alkanes of at least 4 members (excludes halogenated alkanes) is 2. The Bertz CT molecular complexity index is 492. The Morgan fingerprint density at radius 3 is 2.48 bits per heavy atom. The van der Waals surface area contributed by atoms with Gasteiger partial charge >= 0.3 is 6.18 Å². The molecule has 8 heteroatoms. The predicted octanol–water partition coefficient (Wildman–Crippen LogP) is 3.21. The zero-order valence-corrected chi connectivity index (χ0v) is 11.6. The van der Waals surface area contributed by atoms with Crippen molar-refractivity contribution >= 4 is 11.4 Å². The first-order valence-corrected chi connectivity index (χ1v) is 6.45. The second-order valence-corrected chi connectivity index (χ2v) is 4.66. The van der Waals surface area contributed by atoms with Crippen molar-refractivity contribution in [1.29, 1.82) is 0 Å². The second-order valence-electron chi connectivity index (χ2n) is 4.66. The first-order valence-electron chi connectivity index (χ1n) is 6.45. The molecule has 0 heterocycles. The third-order valence-corrected chi connectivity index (χ3v) is 3.06. The quantitative estimate of drug-likeness (QED) is 0.477. The Labute approximate surface area is 120 Å². The van der Waals surface area contributed by atoms with Gasteiger partial charge in [0, 0.05) is 38.0 Å². The third kappa shape index (κ3) is 4.89. The number of hydrogen-bond donors (Lipinski definition) is 1. The highest BCUT2D eigenvalue weighted by atomic mass is 19.4. The fraction of sp³-hybridized carbons (Fsp3) is 0.538. The normalized spacial score (nSPS) is 11.5. The van der Waals surface area contributed by atoms with E-state index >= 15 is 0 Å². The molecule has 0 fully saturated rings. The molecule has 0 aromatic heterocycles. The van der Waals surface area contributed by atoms with E-state index in [0.29, 0.717) is 31.9 Å². The van der Waals surface area contributed by atoms with E-state index in [1.54, 1.807) is 0 Å². The molecule has 0 unspecified atom stereocenters. The van der Waals surface area contributed by atoms with Gasteiger partial charge in [0.1, 0.15) is 0 Å². The van der Waals surface area contributed by atoms with Crippen LogP contribution in [0.4, 0.5) is 24.5 Å². The number of rotatable bonds is 7. The van der Waals surface area contributed by atoms with E-state index in [1.165, 1.54) is 11.9 Å². The van der Waals surface area contributed by atoms with Gasteiger partial charge in [-0.1, -0.05) is 0 Å². The van der Waals surface area contributed by atoms with E-state index in [9.17, 15) is 23.3 Å². The van der Waals surface area contributed by atoms with Crippen LogP contribution >= 0.6 is 0 Å². The minimum atomic E-state index is -4.65. The molecule has 0 amide bonds. The van der Waals surface area contributed by atoms with Crippen LogP contribution in [0.2, 0.25) is 0 Å². The van der Waals surface area contributed by atoms with Crippen molar-refractivity contribution in [2.75, 3.05) is 25.1 Å². The van der Waals surface area contributed by atoms with Crippen LogP contribution in [0.3, 0.4) is 0 Å². The molecule has 0 radical (unpaired) electrons. The van der Waals surface area contributed by atoms with E-state index in [1.807, 2.05) is 0 Å². The molecule has 0 atom stereocenters. The molecule has 21 heavy (non-hydrogen) atoms. The third-order valence-electron chi connectivity index (χ3n) is 3.06. The van der Waals surface area contributed by atoms with Gasteiger partial charge < -0.3 is 10.0 Å². The lowest BCUT2D eigenvalue weighted by atomic mass is 10.1. The highest BCUT2D eigenvalue weighted by Crippen LogP contribution is 2.38. The van der Waals surface area contributed by atoms with E-state index in [0.717, 1.165) is 12.1 Å². The number of anilines is 1. The van der Waals surface area contributed by atoms with E-state index in [4.69, 9.17) is 5.11 Å². The first-order chi connectivity index (χ1) is 9.77. The van der Waals surface area contributed by atoms with Crippen LogP contribution in [0.25, 0.3) is 0 Å². The summed E-state index contributed by atoms with van der Waals surface area (Å²) in [5, 5.41) is 19.3. The van der Waals surface area contributed by atoms with E-state index < -0.39 is 22.4 Å². The number of nitro benzene ring substituents is 1. The summed E-state index contributed by atoms with van der Waals surface area (Å²) in [4.78, 5) is 11.2. The van der Waals surface area contributed by atoms with Crippen LogP contribution in [-0.4, -0.2) is 30.2 Å². The standard InChI is InChI=1S/C13H17F3N2O3/c1-17(7-3-2-4-8-19)12-6-5-10(18(20)21)9-11(12)13(14,15)16/h5-6,9,19H,2-4,7-8H2,1H3. The minimum absolute atomic E-state index is 0.0506. The van der Waals surface area contributed by atoms with Crippen LogP contribution in [0.1, 0.15) is 24.8 Å². The molecule has 0 aliphatic heterocycles. The molecular weight excluding hydrogens is 289 g/mol. The van der Waals surface area contributed by atoms with Gasteiger partial charge in [0.25, 0.3) is 5.69 Å². The average Bonchev–Trinajstić information content (AvgIpc) is 2.41. The van der Waals surface area contributed by atoms with Crippen molar-refractivity contribution < 1.29 is 23.2 Å². The molecule has 0 aliphatic rings. The molecule has 0 spiro atoms. The number of nitro groups is 1. The Hall–Kier alpha value is -1.83. The minimum Gasteiger partial charge on any atom is -0.396 e. The van der Waals surface area contributed by atoms with Gasteiger partial charge in [0.15, 0.2) is 0 Å². The predicted molar refractivity (Wildman–Crippen MR) is 72.3 cm³/mol. The van der Waals surface area contributed by atoms with Crippen molar-refractivity contribution in [3.8, 4) is 0 Å². The SMILES string of the molecule is CN(CCCCCO)c1ccc([N+](=O)[O-])cc1C(F)(F)F. The molecule has 0 saturated heterocycles. The molecule has 1 rings (SSSR count). The maximum absolute atomic E-state index is 13.0. The summed E-state index contributed by atoms with van der Waals surface area (Å²) < 4.78 is 39.0. The number of benzene rings is 1. The molecule has 1 N–H and O–H groups in total. The van der Waals surface area contributed by atoms with Gasteiger partial charge in [-0.2, -0.15) is 13.2 Å². The Morgan fingerprint density at radius 1 is 1.29 bits per heavy atom. The van der Waals surface area contributed by atoms with Gasteiger partial charge in [-0.05, 0) is 25.3 Å². The number of aliphatic hydroxyl groups is 1. The van der Waals surface area contributed by atoms with Crippen molar-refractivity contribution in [3.63, 3.8) is 0 Å². The van der Waals surface area contributed by atoms with Crippen molar-refractivity contribution in [2.45, 2.75) is 25.4 Å². The van der Waals surface area contributed by atoms with Crippen LogP contribution in [0.15, 0.2) is 18.2 Å². The van der Waals surface area contributed by atoms with Gasteiger partial charge in [-0.15, -0.1) is 0 Å². The van der Waals surface area contributed by atoms with Crippen molar-refractivity contribution in [1.82, 2.24) is 0 Å². The Kier molecular flexibility index (Phi) is 5.95. The zero-order chi connectivity index (χ0) is 16.0. The molecule has 5 nitrogen and oxygen atoms in total.